The van der Waals surface area contributed by atoms with Crippen LogP contribution in [-0.4, -0.2) is 14.8 Å². The highest BCUT2D eigenvalue weighted by molar-refractivity contribution is 7.80. The van der Waals surface area contributed by atoms with Crippen molar-refractivity contribution in [3.63, 3.8) is 0 Å². The van der Waals surface area contributed by atoms with Crippen molar-refractivity contribution in [2.24, 2.45) is 12.8 Å². The number of hydrogen-bond donors (Lipinski definition) is 2. The summed E-state index contributed by atoms with van der Waals surface area (Å²) in [6.45, 7) is 0.567. The van der Waals surface area contributed by atoms with Gasteiger partial charge in [-0.1, -0.05) is 12.2 Å². The van der Waals surface area contributed by atoms with E-state index in [2.05, 4.69) is 10.4 Å². The van der Waals surface area contributed by atoms with Crippen molar-refractivity contribution in [3.8, 4) is 0 Å². The number of halogens is 1. The van der Waals surface area contributed by atoms with Crippen LogP contribution in [0.1, 0.15) is 11.3 Å². The fraction of sp³-hybridized carbons (Fsp3) is 0.167. The smallest absolute Gasteiger partial charge is 0.124 e. The van der Waals surface area contributed by atoms with E-state index in [0.717, 1.165) is 5.69 Å². The monoisotopic (exact) mass is 264 g/mol. The van der Waals surface area contributed by atoms with Crippen molar-refractivity contribution < 1.29 is 4.39 Å². The summed E-state index contributed by atoms with van der Waals surface area (Å²) in [5, 5.41) is 7.24. The molecule has 1 aromatic heterocycles. The number of nitrogens with one attached hydrogen (secondary N) is 1. The average molecular weight is 264 g/mol. The molecule has 0 aliphatic carbocycles. The molecule has 18 heavy (non-hydrogen) atoms. The van der Waals surface area contributed by atoms with Crippen LogP contribution in [0.5, 0.6) is 0 Å². The maximum absolute atomic E-state index is 13.1. The second-order valence-corrected chi connectivity index (χ2v) is 4.29. The highest BCUT2D eigenvalue weighted by Crippen LogP contribution is 2.17. The van der Waals surface area contributed by atoms with Gasteiger partial charge in [-0.3, -0.25) is 4.68 Å². The van der Waals surface area contributed by atoms with Crippen LogP contribution in [-0.2, 0) is 13.6 Å². The lowest BCUT2D eigenvalue weighted by Crippen LogP contribution is -2.14. The van der Waals surface area contributed by atoms with Gasteiger partial charge >= 0.3 is 0 Å². The first-order valence-corrected chi connectivity index (χ1v) is 5.79. The fourth-order valence-electron chi connectivity index (χ4n) is 1.64. The van der Waals surface area contributed by atoms with E-state index in [4.69, 9.17) is 18.0 Å². The summed E-state index contributed by atoms with van der Waals surface area (Å²) in [7, 11) is 1.86. The molecule has 0 saturated heterocycles. The van der Waals surface area contributed by atoms with E-state index >= 15 is 0 Å². The summed E-state index contributed by atoms with van der Waals surface area (Å²) < 4.78 is 14.9. The lowest BCUT2D eigenvalue weighted by Gasteiger charge is -2.11. The van der Waals surface area contributed by atoms with Gasteiger partial charge in [0, 0.05) is 24.5 Å². The Hall–Kier alpha value is -1.95. The molecule has 0 radical (unpaired) electrons. The summed E-state index contributed by atoms with van der Waals surface area (Å²) in [6, 6.07) is 6.22. The van der Waals surface area contributed by atoms with Gasteiger partial charge in [-0.15, -0.1) is 0 Å². The van der Waals surface area contributed by atoms with Crippen LogP contribution in [0.15, 0.2) is 30.5 Å². The second-order valence-electron chi connectivity index (χ2n) is 3.85. The molecule has 1 heterocycles. The standard InChI is InChI=1S/C12H13FN4S/c1-17-9(4-5-16-17)7-15-11-3-2-8(13)6-10(11)12(14)18/h2-6,15H,7H2,1H3,(H2,14,18). The third-order valence-corrected chi connectivity index (χ3v) is 2.85. The van der Waals surface area contributed by atoms with Crippen LogP contribution in [0.25, 0.3) is 0 Å². The quantitative estimate of drug-likeness (QED) is 0.827. The summed E-state index contributed by atoms with van der Waals surface area (Å²) in [5.41, 5.74) is 7.80. The fourth-order valence-corrected chi connectivity index (χ4v) is 1.80. The molecule has 0 aliphatic heterocycles. The molecule has 6 heteroatoms. The van der Waals surface area contributed by atoms with E-state index in [9.17, 15) is 4.39 Å². The topological polar surface area (TPSA) is 55.9 Å². The molecule has 0 aliphatic rings. The van der Waals surface area contributed by atoms with Gasteiger partial charge in [-0.25, -0.2) is 4.39 Å². The van der Waals surface area contributed by atoms with Gasteiger partial charge in [0.2, 0.25) is 0 Å². The number of nitrogens with two attached hydrogens (primary N) is 1. The van der Waals surface area contributed by atoms with Crippen molar-refractivity contribution in [1.29, 1.82) is 0 Å². The van der Waals surface area contributed by atoms with E-state index < -0.39 is 0 Å². The molecule has 0 unspecified atom stereocenters. The van der Waals surface area contributed by atoms with Crippen molar-refractivity contribution in [1.82, 2.24) is 9.78 Å². The Balaban J connectivity index is 2.19. The third-order valence-electron chi connectivity index (χ3n) is 2.63. The van der Waals surface area contributed by atoms with Crippen LogP contribution in [0, 0.1) is 5.82 Å². The number of anilines is 1. The SMILES string of the molecule is Cn1nccc1CNc1ccc(F)cc1C(N)=S. The highest BCUT2D eigenvalue weighted by atomic mass is 32.1. The zero-order chi connectivity index (χ0) is 13.1. The normalized spacial score (nSPS) is 10.3. The first-order chi connectivity index (χ1) is 8.58. The predicted octanol–water partition coefficient (Wildman–Crippen LogP) is 1.81. The molecule has 1 aromatic carbocycles. The highest BCUT2D eigenvalue weighted by Gasteiger charge is 2.07. The summed E-state index contributed by atoms with van der Waals surface area (Å²) in [5.74, 6) is -0.358. The van der Waals surface area contributed by atoms with Crippen LogP contribution in [0.2, 0.25) is 0 Å². The van der Waals surface area contributed by atoms with Crippen molar-refractivity contribution in [3.05, 3.63) is 47.5 Å². The maximum Gasteiger partial charge on any atom is 0.124 e. The molecule has 0 spiro atoms. The van der Waals surface area contributed by atoms with Gasteiger partial charge in [0.05, 0.1) is 12.2 Å². The van der Waals surface area contributed by atoms with Gasteiger partial charge in [-0.2, -0.15) is 5.10 Å². The van der Waals surface area contributed by atoms with E-state index in [0.29, 0.717) is 17.8 Å². The molecule has 2 rings (SSSR count). The zero-order valence-electron chi connectivity index (χ0n) is 9.85. The largest absolute Gasteiger partial charge is 0.389 e. The molecule has 94 valence electrons. The van der Waals surface area contributed by atoms with Gasteiger partial charge in [0.15, 0.2) is 0 Å². The van der Waals surface area contributed by atoms with E-state index in [1.54, 1.807) is 16.9 Å². The Labute approximate surface area is 110 Å². The number of aryl methyl sites for hydroxylation is 1. The number of aromatic nitrogens is 2. The minimum absolute atomic E-state index is 0.169. The number of benzene rings is 1. The van der Waals surface area contributed by atoms with E-state index in [-0.39, 0.29) is 10.8 Å². The van der Waals surface area contributed by atoms with E-state index in [1.807, 2.05) is 13.1 Å². The van der Waals surface area contributed by atoms with Gasteiger partial charge in [0.1, 0.15) is 10.8 Å². The van der Waals surface area contributed by atoms with Crippen LogP contribution >= 0.6 is 12.2 Å². The van der Waals surface area contributed by atoms with E-state index in [1.165, 1.54) is 12.1 Å². The molecule has 0 fully saturated rings. The summed E-state index contributed by atoms with van der Waals surface area (Å²) in [6.07, 6.45) is 1.72. The van der Waals surface area contributed by atoms with Crippen molar-refractivity contribution >= 4 is 22.9 Å². The molecule has 3 N–H and O–H groups in total. The van der Waals surface area contributed by atoms with Crippen molar-refractivity contribution in [2.45, 2.75) is 6.54 Å². The lowest BCUT2D eigenvalue weighted by molar-refractivity contribution is 0.627. The van der Waals surface area contributed by atoms with Crippen LogP contribution in [0.4, 0.5) is 10.1 Å². The molecule has 2 aromatic rings. The molecule has 4 nitrogen and oxygen atoms in total. The molecule has 0 amide bonds. The number of hydrogen-bond acceptors (Lipinski definition) is 3. The Morgan fingerprint density at radius 2 is 2.28 bits per heavy atom. The minimum Gasteiger partial charge on any atom is -0.389 e. The Kier molecular flexibility index (Phi) is 3.57. The first-order valence-electron chi connectivity index (χ1n) is 5.38. The summed E-state index contributed by atoms with van der Waals surface area (Å²) >= 11 is 4.90. The number of nitrogens with zero attached hydrogens (tertiary/aromatic N) is 2. The minimum atomic E-state index is -0.358. The van der Waals surface area contributed by atoms with Gasteiger partial charge < -0.3 is 11.1 Å². The zero-order valence-corrected chi connectivity index (χ0v) is 10.7. The second kappa shape index (κ2) is 5.14. The predicted molar refractivity (Wildman–Crippen MR) is 72.8 cm³/mol. The van der Waals surface area contributed by atoms with Crippen LogP contribution < -0.4 is 11.1 Å². The lowest BCUT2D eigenvalue weighted by atomic mass is 10.1. The van der Waals surface area contributed by atoms with Gasteiger partial charge in [0.25, 0.3) is 0 Å². The average Bonchev–Trinajstić information content (AvgIpc) is 2.73. The molecule has 0 bridgehead atoms. The van der Waals surface area contributed by atoms with Gasteiger partial charge in [-0.05, 0) is 24.3 Å². The summed E-state index contributed by atoms with van der Waals surface area (Å²) in [4.78, 5) is 0.169. The maximum atomic E-state index is 13.1. The third kappa shape index (κ3) is 2.65. The molecular formula is C12H13FN4S. The van der Waals surface area contributed by atoms with Crippen molar-refractivity contribution in [2.75, 3.05) is 5.32 Å². The molecule has 0 atom stereocenters. The van der Waals surface area contributed by atoms with Crippen LogP contribution in [0.3, 0.4) is 0 Å². The first kappa shape index (κ1) is 12.5. The Morgan fingerprint density at radius 1 is 1.50 bits per heavy atom. The molecule has 0 saturated carbocycles. The number of thiocarbonyl (C=S) groups is 1. The number of rotatable bonds is 4. The molecular weight excluding hydrogens is 251 g/mol. The Bertz CT molecular complexity index is 579. The Morgan fingerprint density at radius 3 is 2.89 bits per heavy atom.